The van der Waals surface area contributed by atoms with E-state index in [9.17, 15) is 5.11 Å². The standard InChI is InChI=1S/C34H63N3O/c1-24(2)10-8-11-25(3)28-12-13-29-32-30(15-17-34(28,29)5)33(4)16-14-27(38)22-26(33)23-31(32)37-21-9-20-36-19-7-6-18-35/h23-25,27-32,36-38H,6-22,35H2,1-5H3/t25-,27+,28-,29+,30+,31-,32+,33+,34-/m1/s1. The fourth-order valence-electron chi connectivity index (χ4n) is 9.89. The molecular weight excluding hydrogens is 466 g/mol. The SMILES string of the molecule is CC(C)CCC[C@@H](C)[C@H]1CC[C@H]2[C@@H]3[C@H](NCCCNCCCCN)C=C4C[C@@H](O)CC[C@]4(C)[C@H]3CC[C@]12C. The maximum atomic E-state index is 10.6. The minimum absolute atomic E-state index is 0.138. The number of hydrogen-bond acceptors (Lipinski definition) is 4. The number of rotatable bonds is 14. The zero-order valence-corrected chi connectivity index (χ0v) is 25.7. The van der Waals surface area contributed by atoms with E-state index in [1.165, 1.54) is 64.2 Å². The summed E-state index contributed by atoms with van der Waals surface area (Å²) in [6.07, 6.45) is 18.9. The van der Waals surface area contributed by atoms with E-state index in [2.05, 4.69) is 51.3 Å². The van der Waals surface area contributed by atoms with Gasteiger partial charge in [0.1, 0.15) is 0 Å². The maximum Gasteiger partial charge on any atom is 0.0577 e. The first-order chi connectivity index (χ1) is 18.2. The van der Waals surface area contributed by atoms with E-state index >= 15 is 0 Å². The summed E-state index contributed by atoms with van der Waals surface area (Å²) in [6, 6.07) is 0.477. The van der Waals surface area contributed by atoms with Gasteiger partial charge in [-0.05, 0) is 137 Å². The van der Waals surface area contributed by atoms with Crippen molar-refractivity contribution in [3.63, 3.8) is 0 Å². The van der Waals surface area contributed by atoms with Crippen molar-refractivity contribution >= 4 is 0 Å². The van der Waals surface area contributed by atoms with E-state index < -0.39 is 0 Å². The van der Waals surface area contributed by atoms with E-state index in [1.807, 2.05) is 0 Å². The summed E-state index contributed by atoms with van der Waals surface area (Å²) < 4.78 is 0. The number of unbranched alkanes of at least 4 members (excludes halogenated alkanes) is 1. The summed E-state index contributed by atoms with van der Waals surface area (Å²) >= 11 is 0. The van der Waals surface area contributed by atoms with Gasteiger partial charge in [-0.15, -0.1) is 0 Å². The molecule has 0 bridgehead atoms. The van der Waals surface area contributed by atoms with Gasteiger partial charge in [-0.1, -0.05) is 65.5 Å². The van der Waals surface area contributed by atoms with Crippen LogP contribution in [0, 0.1) is 46.3 Å². The van der Waals surface area contributed by atoms with Gasteiger partial charge in [0.15, 0.2) is 0 Å². The molecule has 4 heteroatoms. The van der Waals surface area contributed by atoms with Crippen molar-refractivity contribution in [3.05, 3.63) is 11.6 Å². The van der Waals surface area contributed by atoms with Gasteiger partial charge in [0.2, 0.25) is 0 Å². The molecule has 0 aromatic carbocycles. The van der Waals surface area contributed by atoms with Gasteiger partial charge in [0.25, 0.3) is 0 Å². The lowest BCUT2D eigenvalue weighted by atomic mass is 9.46. The first kappa shape index (κ1) is 30.5. The van der Waals surface area contributed by atoms with Crippen molar-refractivity contribution < 1.29 is 5.11 Å². The van der Waals surface area contributed by atoms with Crippen molar-refractivity contribution in [1.29, 1.82) is 0 Å². The predicted octanol–water partition coefficient (Wildman–Crippen LogP) is 6.68. The van der Waals surface area contributed by atoms with Crippen LogP contribution in [0.25, 0.3) is 0 Å². The molecule has 0 amide bonds. The Balaban J connectivity index is 1.47. The molecule has 4 rings (SSSR count). The van der Waals surface area contributed by atoms with Gasteiger partial charge >= 0.3 is 0 Å². The van der Waals surface area contributed by atoms with Crippen LogP contribution in [0.2, 0.25) is 0 Å². The molecule has 220 valence electrons. The van der Waals surface area contributed by atoms with Crippen LogP contribution in [0.4, 0.5) is 0 Å². The molecule has 0 aromatic heterocycles. The number of hydrogen-bond donors (Lipinski definition) is 4. The molecule has 0 aliphatic heterocycles. The van der Waals surface area contributed by atoms with Crippen LogP contribution in [0.1, 0.15) is 118 Å². The third kappa shape index (κ3) is 6.55. The Morgan fingerprint density at radius 1 is 0.921 bits per heavy atom. The van der Waals surface area contributed by atoms with Gasteiger partial charge in [-0.3, -0.25) is 0 Å². The highest BCUT2D eigenvalue weighted by Gasteiger charge is 2.61. The van der Waals surface area contributed by atoms with Crippen LogP contribution in [0.15, 0.2) is 11.6 Å². The molecule has 4 nitrogen and oxygen atoms in total. The number of nitrogens with one attached hydrogen (secondary N) is 2. The van der Waals surface area contributed by atoms with Gasteiger partial charge in [0.05, 0.1) is 6.10 Å². The highest BCUT2D eigenvalue weighted by Crippen LogP contribution is 2.67. The Hall–Kier alpha value is -0.420. The van der Waals surface area contributed by atoms with E-state index in [0.29, 0.717) is 16.9 Å². The normalized spacial score (nSPS) is 39.4. The number of fused-ring (bicyclic) bond motifs is 5. The van der Waals surface area contributed by atoms with Crippen LogP contribution >= 0.6 is 0 Å². The minimum atomic E-state index is -0.138. The van der Waals surface area contributed by atoms with Gasteiger partial charge in [-0.25, -0.2) is 0 Å². The molecule has 5 N–H and O–H groups in total. The zero-order chi connectivity index (χ0) is 27.3. The number of aliphatic hydroxyl groups excluding tert-OH is 1. The second-order valence-electron chi connectivity index (χ2n) is 14.9. The van der Waals surface area contributed by atoms with E-state index in [1.54, 1.807) is 5.57 Å². The van der Waals surface area contributed by atoms with E-state index in [0.717, 1.165) is 80.9 Å². The molecule has 0 heterocycles. The van der Waals surface area contributed by atoms with Crippen LogP contribution < -0.4 is 16.4 Å². The summed E-state index contributed by atoms with van der Waals surface area (Å²) in [5, 5.41) is 18.3. The second kappa shape index (κ2) is 13.5. The van der Waals surface area contributed by atoms with Crippen LogP contribution in [-0.2, 0) is 0 Å². The average molecular weight is 530 g/mol. The summed E-state index contributed by atoms with van der Waals surface area (Å²) in [5.74, 6) is 4.94. The zero-order valence-electron chi connectivity index (χ0n) is 25.7. The summed E-state index contributed by atoms with van der Waals surface area (Å²) in [6.45, 7) is 16.7. The molecular formula is C34H63N3O. The fraction of sp³-hybridized carbons (Fsp3) is 0.941. The van der Waals surface area contributed by atoms with Crippen molar-refractivity contribution in [3.8, 4) is 0 Å². The molecule has 0 unspecified atom stereocenters. The van der Waals surface area contributed by atoms with Crippen LogP contribution in [-0.4, -0.2) is 43.4 Å². The van der Waals surface area contributed by atoms with Crippen molar-refractivity contribution in [1.82, 2.24) is 10.6 Å². The Kier molecular flexibility index (Phi) is 10.8. The molecule has 0 spiro atoms. The monoisotopic (exact) mass is 529 g/mol. The van der Waals surface area contributed by atoms with Gasteiger partial charge < -0.3 is 21.5 Å². The fourth-order valence-corrected chi connectivity index (χ4v) is 9.89. The molecule has 3 fully saturated rings. The highest BCUT2D eigenvalue weighted by molar-refractivity contribution is 5.29. The highest BCUT2D eigenvalue weighted by atomic mass is 16.3. The van der Waals surface area contributed by atoms with Crippen LogP contribution in [0.5, 0.6) is 0 Å². The predicted molar refractivity (Wildman–Crippen MR) is 162 cm³/mol. The molecule has 4 aliphatic rings. The third-order valence-electron chi connectivity index (χ3n) is 12.1. The molecule has 0 saturated heterocycles. The maximum absolute atomic E-state index is 10.6. The lowest BCUT2D eigenvalue weighted by molar-refractivity contribution is -0.0675. The Bertz CT molecular complexity index is 767. The van der Waals surface area contributed by atoms with Gasteiger partial charge in [0, 0.05) is 6.04 Å². The molecule has 4 aliphatic carbocycles. The molecule has 9 atom stereocenters. The smallest absolute Gasteiger partial charge is 0.0577 e. The summed E-state index contributed by atoms with van der Waals surface area (Å²) in [4.78, 5) is 0. The van der Waals surface area contributed by atoms with Crippen LogP contribution in [0.3, 0.4) is 0 Å². The number of aliphatic hydroxyl groups is 1. The quantitative estimate of drug-likeness (QED) is 0.150. The summed E-state index contributed by atoms with van der Waals surface area (Å²) in [5.41, 5.74) is 8.01. The first-order valence-corrected chi connectivity index (χ1v) is 16.7. The average Bonchev–Trinajstić information content (AvgIpc) is 3.23. The Labute approximate surface area is 235 Å². The Morgan fingerprint density at radius 3 is 2.47 bits per heavy atom. The largest absolute Gasteiger partial charge is 0.393 e. The molecule has 0 radical (unpaired) electrons. The topological polar surface area (TPSA) is 70.3 Å². The van der Waals surface area contributed by atoms with Crippen molar-refractivity contribution in [2.24, 2.45) is 52.1 Å². The Morgan fingerprint density at radius 2 is 1.71 bits per heavy atom. The number of nitrogens with two attached hydrogens (primary N) is 1. The van der Waals surface area contributed by atoms with Crippen molar-refractivity contribution in [2.45, 2.75) is 130 Å². The third-order valence-corrected chi connectivity index (χ3v) is 12.1. The second-order valence-corrected chi connectivity index (χ2v) is 14.9. The molecule has 0 aromatic rings. The van der Waals surface area contributed by atoms with E-state index in [4.69, 9.17) is 5.73 Å². The first-order valence-electron chi connectivity index (χ1n) is 16.7. The summed E-state index contributed by atoms with van der Waals surface area (Å²) in [7, 11) is 0. The molecule has 38 heavy (non-hydrogen) atoms. The molecule has 3 saturated carbocycles. The minimum Gasteiger partial charge on any atom is -0.393 e. The lowest BCUT2D eigenvalue weighted by Crippen LogP contribution is -2.58. The van der Waals surface area contributed by atoms with Gasteiger partial charge in [-0.2, -0.15) is 0 Å². The lowest BCUT2D eigenvalue weighted by Gasteiger charge is -2.60. The van der Waals surface area contributed by atoms with Crippen molar-refractivity contribution in [2.75, 3.05) is 26.2 Å². The van der Waals surface area contributed by atoms with E-state index in [-0.39, 0.29) is 6.10 Å².